The number of carbonyl (C=O) groups excluding carboxylic acids is 1. The smallest absolute Gasteiger partial charge is 0.319 e. The van der Waals surface area contributed by atoms with E-state index in [-0.39, 0.29) is 6.03 Å². The summed E-state index contributed by atoms with van der Waals surface area (Å²) in [6.45, 7) is 4.82. The molecule has 166 valence electrons. The lowest BCUT2D eigenvalue weighted by Gasteiger charge is -2.26. The summed E-state index contributed by atoms with van der Waals surface area (Å²) in [6, 6.07) is 18.6. The first kappa shape index (κ1) is 20.7. The van der Waals surface area contributed by atoms with E-state index in [1.165, 1.54) is 11.1 Å². The van der Waals surface area contributed by atoms with E-state index in [0.717, 1.165) is 68.1 Å². The van der Waals surface area contributed by atoms with E-state index < -0.39 is 0 Å². The van der Waals surface area contributed by atoms with Crippen LogP contribution < -0.4 is 16.0 Å². The molecule has 2 heterocycles. The van der Waals surface area contributed by atoms with Crippen LogP contribution in [0.25, 0.3) is 10.9 Å². The van der Waals surface area contributed by atoms with E-state index in [4.69, 9.17) is 9.72 Å². The van der Waals surface area contributed by atoms with Gasteiger partial charge < -0.3 is 20.7 Å². The number of urea groups is 1. The van der Waals surface area contributed by atoms with Crippen LogP contribution in [0.1, 0.15) is 23.6 Å². The Morgan fingerprint density at radius 2 is 1.97 bits per heavy atom. The normalized spacial score (nSPS) is 18.3. The number of carbonyl (C=O) groups is 1. The molecule has 1 unspecified atom stereocenters. The summed E-state index contributed by atoms with van der Waals surface area (Å²) in [5.74, 6) is 0.876. The topological polar surface area (TPSA) is 78.5 Å². The maximum absolute atomic E-state index is 12.2. The molecule has 3 aromatic rings. The number of nitrogens with zero attached hydrogens (tertiary/aromatic N) is 2. The molecule has 1 fully saturated rings. The number of fused-ring (bicyclic) bond motifs is 2. The Bertz CT molecular complexity index is 1100. The van der Waals surface area contributed by atoms with Crippen LogP contribution in [0.2, 0.25) is 0 Å². The molecule has 32 heavy (non-hydrogen) atoms. The zero-order valence-electron chi connectivity index (χ0n) is 18.1. The molecule has 3 N–H and O–H groups in total. The van der Waals surface area contributed by atoms with Crippen LogP contribution in [0.15, 0.2) is 54.6 Å². The molecule has 0 radical (unpaired) electrons. The zero-order valence-corrected chi connectivity index (χ0v) is 18.1. The van der Waals surface area contributed by atoms with Gasteiger partial charge >= 0.3 is 6.03 Å². The van der Waals surface area contributed by atoms with E-state index in [0.29, 0.717) is 12.6 Å². The van der Waals surface area contributed by atoms with Crippen LogP contribution >= 0.6 is 0 Å². The predicted molar refractivity (Wildman–Crippen MR) is 127 cm³/mol. The maximum Gasteiger partial charge on any atom is 0.319 e. The van der Waals surface area contributed by atoms with Gasteiger partial charge in [0.15, 0.2) is 0 Å². The van der Waals surface area contributed by atoms with Crippen molar-refractivity contribution < 1.29 is 9.53 Å². The fraction of sp³-hybridized carbons (Fsp3) is 0.360. The zero-order chi connectivity index (χ0) is 21.8. The van der Waals surface area contributed by atoms with Crippen molar-refractivity contribution in [3.05, 3.63) is 65.7 Å². The number of pyridine rings is 1. The van der Waals surface area contributed by atoms with Crippen molar-refractivity contribution in [1.82, 2.24) is 15.2 Å². The van der Waals surface area contributed by atoms with Gasteiger partial charge in [0.25, 0.3) is 0 Å². The van der Waals surface area contributed by atoms with Gasteiger partial charge in [-0.3, -0.25) is 4.90 Å². The highest BCUT2D eigenvalue weighted by Gasteiger charge is 2.22. The number of nitrogens with one attached hydrogen (secondary N) is 3. The monoisotopic (exact) mass is 431 g/mol. The summed E-state index contributed by atoms with van der Waals surface area (Å²) in [5.41, 5.74) is 4.45. The van der Waals surface area contributed by atoms with E-state index >= 15 is 0 Å². The van der Waals surface area contributed by atoms with E-state index in [9.17, 15) is 4.79 Å². The second kappa shape index (κ2) is 9.54. The average Bonchev–Trinajstić information content (AvgIpc) is 3.23. The minimum Gasteiger partial charge on any atom is -0.379 e. The van der Waals surface area contributed by atoms with Crippen molar-refractivity contribution in [2.75, 3.05) is 50.0 Å². The molecule has 1 saturated heterocycles. The number of aromatic nitrogens is 1. The molecule has 1 aliphatic heterocycles. The van der Waals surface area contributed by atoms with Gasteiger partial charge in [-0.1, -0.05) is 24.3 Å². The standard InChI is InChI=1S/C25H29N5O2/c31-25(26-11-12-30-13-15-32-16-14-30)27-20-7-9-22-19(17-20)6-10-24(28-22)29-23-8-5-18-3-1-2-4-21(18)23/h1-4,6-7,9-10,17,23H,5,8,11-16H2,(H,28,29)(H2,26,27,31). The lowest BCUT2D eigenvalue weighted by molar-refractivity contribution is 0.0388. The molecule has 2 aliphatic rings. The molecule has 0 bridgehead atoms. The number of ether oxygens (including phenoxy) is 1. The van der Waals surface area contributed by atoms with E-state index in [2.05, 4.69) is 45.1 Å². The van der Waals surface area contributed by atoms with Gasteiger partial charge in [0.1, 0.15) is 5.82 Å². The highest BCUT2D eigenvalue weighted by molar-refractivity contribution is 5.92. The van der Waals surface area contributed by atoms with Gasteiger partial charge in [-0.2, -0.15) is 0 Å². The fourth-order valence-corrected chi connectivity index (χ4v) is 4.50. The third kappa shape index (κ3) is 4.84. The molecular formula is C25H29N5O2. The third-order valence-corrected chi connectivity index (χ3v) is 6.22. The maximum atomic E-state index is 12.2. The summed E-state index contributed by atoms with van der Waals surface area (Å²) in [7, 11) is 0. The first-order chi connectivity index (χ1) is 15.7. The molecule has 0 saturated carbocycles. The molecule has 0 spiro atoms. The van der Waals surface area contributed by atoms with Gasteiger partial charge in [0.05, 0.1) is 24.8 Å². The van der Waals surface area contributed by atoms with Gasteiger partial charge in [-0.15, -0.1) is 0 Å². The summed E-state index contributed by atoms with van der Waals surface area (Å²) in [5, 5.41) is 10.4. The van der Waals surface area contributed by atoms with Crippen LogP contribution in [0, 0.1) is 0 Å². The number of benzene rings is 2. The van der Waals surface area contributed by atoms with Gasteiger partial charge in [0.2, 0.25) is 0 Å². The molecule has 1 atom stereocenters. The van der Waals surface area contributed by atoms with Crippen molar-refractivity contribution in [2.24, 2.45) is 0 Å². The Balaban J connectivity index is 1.17. The second-order valence-corrected chi connectivity index (χ2v) is 8.37. The molecule has 1 aromatic heterocycles. The minimum atomic E-state index is -0.191. The molecular weight excluding hydrogens is 402 g/mol. The third-order valence-electron chi connectivity index (χ3n) is 6.22. The Morgan fingerprint density at radius 1 is 1.09 bits per heavy atom. The van der Waals surface area contributed by atoms with Crippen molar-refractivity contribution in [2.45, 2.75) is 18.9 Å². The Hall–Kier alpha value is -3.16. The fourth-order valence-electron chi connectivity index (χ4n) is 4.50. The van der Waals surface area contributed by atoms with Crippen molar-refractivity contribution in [3.63, 3.8) is 0 Å². The first-order valence-electron chi connectivity index (χ1n) is 11.3. The number of anilines is 2. The number of aryl methyl sites for hydroxylation is 1. The molecule has 7 heteroatoms. The number of hydrogen-bond acceptors (Lipinski definition) is 5. The lowest BCUT2D eigenvalue weighted by Crippen LogP contribution is -2.42. The lowest BCUT2D eigenvalue weighted by atomic mass is 10.1. The highest BCUT2D eigenvalue weighted by Crippen LogP contribution is 2.33. The van der Waals surface area contributed by atoms with Crippen LogP contribution in [-0.4, -0.2) is 55.3 Å². The van der Waals surface area contributed by atoms with Crippen molar-refractivity contribution >= 4 is 28.4 Å². The summed E-state index contributed by atoms with van der Waals surface area (Å²) in [6.07, 6.45) is 2.19. The van der Waals surface area contributed by atoms with Gasteiger partial charge in [-0.25, -0.2) is 9.78 Å². The quantitative estimate of drug-likeness (QED) is 0.554. The average molecular weight is 432 g/mol. The molecule has 5 rings (SSSR count). The van der Waals surface area contributed by atoms with Crippen LogP contribution in [-0.2, 0) is 11.2 Å². The summed E-state index contributed by atoms with van der Waals surface area (Å²) in [4.78, 5) is 19.3. The first-order valence-corrected chi connectivity index (χ1v) is 11.3. The number of hydrogen-bond donors (Lipinski definition) is 3. The largest absolute Gasteiger partial charge is 0.379 e. The summed E-state index contributed by atoms with van der Waals surface area (Å²) < 4.78 is 5.35. The Labute approximate surface area is 188 Å². The minimum absolute atomic E-state index is 0.191. The number of rotatable bonds is 6. The number of morpholine rings is 1. The highest BCUT2D eigenvalue weighted by atomic mass is 16.5. The Morgan fingerprint density at radius 3 is 2.88 bits per heavy atom. The number of amides is 2. The molecule has 1 aliphatic carbocycles. The van der Waals surface area contributed by atoms with Crippen LogP contribution in [0.5, 0.6) is 0 Å². The van der Waals surface area contributed by atoms with Crippen molar-refractivity contribution in [3.8, 4) is 0 Å². The Kier molecular flexibility index (Phi) is 6.18. The van der Waals surface area contributed by atoms with Crippen LogP contribution in [0.3, 0.4) is 0 Å². The van der Waals surface area contributed by atoms with Crippen molar-refractivity contribution in [1.29, 1.82) is 0 Å². The molecule has 2 aromatic carbocycles. The van der Waals surface area contributed by atoms with Crippen LogP contribution in [0.4, 0.5) is 16.3 Å². The predicted octanol–water partition coefficient (Wildman–Crippen LogP) is 3.79. The molecule has 7 nitrogen and oxygen atoms in total. The molecule has 2 amide bonds. The van der Waals surface area contributed by atoms with Gasteiger partial charge in [0, 0.05) is 37.3 Å². The second-order valence-electron chi connectivity index (χ2n) is 8.37. The van der Waals surface area contributed by atoms with E-state index in [1.54, 1.807) is 0 Å². The van der Waals surface area contributed by atoms with Gasteiger partial charge in [-0.05, 0) is 54.3 Å². The summed E-state index contributed by atoms with van der Waals surface area (Å²) >= 11 is 0. The van der Waals surface area contributed by atoms with E-state index in [1.807, 2.05) is 30.3 Å². The SMILES string of the molecule is O=C(NCCN1CCOCC1)Nc1ccc2nc(NC3CCc4ccccc43)ccc2c1.